The summed E-state index contributed by atoms with van der Waals surface area (Å²) in [5.41, 5.74) is -1.97. The first-order valence-corrected chi connectivity index (χ1v) is 16.8. The maximum atomic E-state index is 14.0. The normalized spacial score (nSPS) is 20.3. The van der Waals surface area contributed by atoms with E-state index in [-0.39, 0.29) is 36.8 Å². The molecule has 4 aromatic carbocycles. The molecule has 3 N–H and O–H groups in total. The number of amides is 2. The minimum atomic E-state index is -5.22. The third-order valence-electron chi connectivity index (χ3n) is 9.88. The van der Waals surface area contributed by atoms with Crippen molar-refractivity contribution in [1.82, 2.24) is 0 Å². The molecule has 2 aliphatic rings. The lowest BCUT2D eigenvalue weighted by molar-refractivity contribution is -0.143. The summed E-state index contributed by atoms with van der Waals surface area (Å²) >= 11 is 0. The third kappa shape index (κ3) is 7.67. The fourth-order valence-corrected chi connectivity index (χ4v) is 7.39. The number of benzene rings is 4. The zero-order valence-electron chi connectivity index (χ0n) is 28.3. The molecule has 4 atom stereocenters. The van der Waals surface area contributed by atoms with Crippen LogP contribution in [0.4, 0.5) is 32.0 Å². The highest BCUT2D eigenvalue weighted by molar-refractivity contribution is 6.22. The van der Waals surface area contributed by atoms with Crippen LogP contribution in [0.3, 0.4) is 0 Å². The van der Waals surface area contributed by atoms with Crippen molar-refractivity contribution in [2.75, 3.05) is 18.1 Å². The fraction of sp³-hybridized carbons (Fsp3) is 0.300. The number of rotatable bonds is 10. The number of para-hydroxylation sites is 1. The molecule has 6 rings (SSSR count). The highest BCUT2D eigenvalue weighted by atomic mass is 19.4. The van der Waals surface area contributed by atoms with E-state index in [1.807, 2.05) is 25.1 Å². The van der Waals surface area contributed by atoms with Gasteiger partial charge in [0.1, 0.15) is 18.1 Å². The van der Waals surface area contributed by atoms with Crippen molar-refractivity contribution in [2.24, 2.45) is 17.8 Å². The Morgan fingerprint density at radius 3 is 2.13 bits per heavy atom. The second kappa shape index (κ2) is 14.7. The van der Waals surface area contributed by atoms with Gasteiger partial charge in [-0.3, -0.25) is 9.59 Å². The van der Waals surface area contributed by atoms with Crippen molar-refractivity contribution in [3.05, 3.63) is 118 Å². The van der Waals surface area contributed by atoms with Crippen molar-refractivity contribution in [3.63, 3.8) is 0 Å². The molecule has 0 spiro atoms. The number of phenols is 1. The molecular weight excluding hydrogens is 704 g/mol. The number of allylic oxidation sites excluding steroid dienone is 1. The van der Waals surface area contributed by atoms with Gasteiger partial charge in [0.05, 0.1) is 41.4 Å². The third-order valence-corrected chi connectivity index (χ3v) is 9.88. The Hall–Kier alpha value is -5.14. The maximum absolute atomic E-state index is 14.0. The van der Waals surface area contributed by atoms with E-state index in [1.54, 1.807) is 54.6 Å². The van der Waals surface area contributed by atoms with Gasteiger partial charge >= 0.3 is 12.4 Å². The largest absolute Gasteiger partial charge is 0.507 e. The summed E-state index contributed by atoms with van der Waals surface area (Å²) in [4.78, 5) is 28.1. The highest BCUT2D eigenvalue weighted by Gasteiger charge is 2.56. The number of halogens is 6. The van der Waals surface area contributed by atoms with E-state index in [0.717, 1.165) is 16.5 Å². The molecule has 53 heavy (non-hydrogen) atoms. The van der Waals surface area contributed by atoms with E-state index in [0.29, 0.717) is 40.2 Å². The molecule has 4 aromatic rings. The Balaban J connectivity index is 1.33. The van der Waals surface area contributed by atoms with Gasteiger partial charge in [-0.05, 0) is 84.7 Å². The smallest absolute Gasteiger partial charge is 0.416 e. The number of nitrogens with zero attached hydrogens (tertiary/aromatic N) is 1. The van der Waals surface area contributed by atoms with Gasteiger partial charge in [-0.2, -0.15) is 26.3 Å². The van der Waals surface area contributed by atoms with Crippen LogP contribution < -0.4 is 9.64 Å². The van der Waals surface area contributed by atoms with E-state index in [1.165, 1.54) is 0 Å². The minimum absolute atomic E-state index is 0.0896. The summed E-state index contributed by atoms with van der Waals surface area (Å²) in [6.45, 7) is 0.928. The number of alkyl halides is 6. The van der Waals surface area contributed by atoms with Gasteiger partial charge in [-0.15, -0.1) is 0 Å². The van der Waals surface area contributed by atoms with Crippen molar-refractivity contribution in [1.29, 1.82) is 0 Å². The van der Waals surface area contributed by atoms with E-state index in [9.17, 15) is 51.3 Å². The molecule has 1 heterocycles. The predicted octanol–water partition coefficient (Wildman–Crippen LogP) is 8.32. The zero-order valence-corrected chi connectivity index (χ0v) is 28.3. The van der Waals surface area contributed by atoms with Gasteiger partial charge in [-0.1, -0.05) is 60.2 Å². The number of carbonyl (C=O) groups is 2. The maximum Gasteiger partial charge on any atom is 0.416 e. The van der Waals surface area contributed by atoms with Crippen LogP contribution in [0.2, 0.25) is 0 Å². The SMILES string of the molecule is C/C(=C\c1ccc(O)c2ccccc12)CC[C@@H](O)C1=C(COc2ccccc2)C[C@H]2C(=O)N(c3cc(C(F)(F)F)cc(C(F)(F)F)c3)C(=O)[C@H]2[C@H]1CO. The molecule has 13 heteroatoms. The van der Waals surface area contributed by atoms with Crippen molar-refractivity contribution < 1.29 is 56.0 Å². The number of aliphatic hydroxyl groups is 2. The van der Waals surface area contributed by atoms with Crippen molar-refractivity contribution >= 4 is 34.4 Å². The molecule has 1 aliphatic carbocycles. The van der Waals surface area contributed by atoms with Gasteiger partial charge in [-0.25, -0.2) is 4.90 Å². The molecule has 2 amide bonds. The monoisotopic (exact) mass is 739 g/mol. The second-order valence-corrected chi connectivity index (χ2v) is 13.3. The Morgan fingerprint density at radius 2 is 1.51 bits per heavy atom. The number of imide groups is 1. The zero-order chi connectivity index (χ0) is 38.2. The number of aliphatic hydroxyl groups excluding tert-OH is 2. The fourth-order valence-electron chi connectivity index (χ4n) is 7.39. The molecule has 7 nitrogen and oxygen atoms in total. The molecule has 0 saturated carbocycles. The standard InChI is InChI=1S/C40H35F6NO6/c1-22(15-23-12-14-33(49)30-10-6-5-9-29(23)30)11-13-34(50)35-24(21-53-28-7-3-2-4-8-28)16-31-36(32(35)20-48)38(52)47(37(31)51)27-18-25(39(41,42)43)17-26(19-27)40(44,45)46/h2-10,12,14-15,17-19,31-32,34,36,48-50H,11,13,16,20-21H2,1H3/b22-15+/t31-,32+,34-,36-/m1/s1. The minimum Gasteiger partial charge on any atom is -0.507 e. The number of phenolic OH excluding ortho intramolecular Hbond substituents is 1. The van der Waals surface area contributed by atoms with Crippen LogP contribution >= 0.6 is 0 Å². The van der Waals surface area contributed by atoms with Crippen LogP contribution in [0, 0.1) is 17.8 Å². The number of hydrogen-bond donors (Lipinski definition) is 3. The number of carbonyl (C=O) groups excluding carboxylic acids is 2. The van der Waals surface area contributed by atoms with E-state index in [2.05, 4.69) is 0 Å². The molecule has 0 radical (unpaired) electrons. The second-order valence-electron chi connectivity index (χ2n) is 13.3. The molecular formula is C40H35F6NO6. The molecule has 0 unspecified atom stereocenters. The first-order valence-electron chi connectivity index (χ1n) is 16.8. The number of hydrogen-bond acceptors (Lipinski definition) is 6. The Morgan fingerprint density at radius 1 is 0.887 bits per heavy atom. The van der Waals surface area contributed by atoms with Gasteiger partial charge in [0.2, 0.25) is 11.8 Å². The van der Waals surface area contributed by atoms with E-state index < -0.39 is 71.4 Å². The van der Waals surface area contributed by atoms with Gasteiger partial charge in [0, 0.05) is 11.3 Å². The first kappa shape index (κ1) is 37.6. The van der Waals surface area contributed by atoms with Crippen molar-refractivity contribution in [3.8, 4) is 11.5 Å². The Bertz CT molecular complexity index is 2060. The van der Waals surface area contributed by atoms with E-state index in [4.69, 9.17) is 4.74 Å². The lowest BCUT2D eigenvalue weighted by Crippen LogP contribution is -2.40. The van der Waals surface area contributed by atoms with Crippen LogP contribution in [0.25, 0.3) is 16.8 Å². The molecule has 1 aliphatic heterocycles. The van der Waals surface area contributed by atoms with E-state index >= 15 is 0 Å². The highest BCUT2D eigenvalue weighted by Crippen LogP contribution is 2.49. The summed E-state index contributed by atoms with van der Waals surface area (Å²) in [6.07, 6.45) is -9.56. The number of fused-ring (bicyclic) bond motifs is 2. The van der Waals surface area contributed by atoms with Gasteiger partial charge in [0.25, 0.3) is 0 Å². The summed E-state index contributed by atoms with van der Waals surface area (Å²) < 4.78 is 88.3. The lowest BCUT2D eigenvalue weighted by Gasteiger charge is -2.36. The van der Waals surface area contributed by atoms with Crippen LogP contribution in [-0.2, 0) is 21.9 Å². The molecule has 0 aromatic heterocycles. The Labute approximate surface area is 300 Å². The Kier molecular flexibility index (Phi) is 10.4. The van der Waals surface area contributed by atoms with Crippen LogP contribution in [-0.4, -0.2) is 46.5 Å². The first-order chi connectivity index (χ1) is 25.1. The summed E-state index contributed by atoms with van der Waals surface area (Å²) in [5.74, 6) is -5.35. The van der Waals surface area contributed by atoms with Gasteiger partial charge < -0.3 is 20.1 Å². The molecule has 1 fully saturated rings. The quantitative estimate of drug-likeness (QED) is 0.0859. The molecule has 0 bridgehead atoms. The van der Waals surface area contributed by atoms with Crippen LogP contribution in [0.5, 0.6) is 11.5 Å². The average molecular weight is 740 g/mol. The summed E-state index contributed by atoms with van der Waals surface area (Å²) in [7, 11) is 0. The van der Waals surface area contributed by atoms with Crippen LogP contribution in [0.15, 0.2) is 102 Å². The number of anilines is 1. The predicted molar refractivity (Wildman–Crippen MR) is 185 cm³/mol. The van der Waals surface area contributed by atoms with Crippen molar-refractivity contribution in [2.45, 2.75) is 44.6 Å². The van der Waals surface area contributed by atoms with Crippen LogP contribution in [0.1, 0.15) is 42.9 Å². The molecule has 1 saturated heterocycles. The number of ether oxygens (including phenoxy) is 1. The summed E-state index contributed by atoms with van der Waals surface area (Å²) in [5, 5.41) is 34.2. The average Bonchev–Trinajstić information content (AvgIpc) is 3.38. The molecule has 278 valence electrons. The van der Waals surface area contributed by atoms with Gasteiger partial charge in [0.15, 0.2) is 0 Å². The lowest BCUT2D eigenvalue weighted by atomic mass is 9.68. The topological polar surface area (TPSA) is 107 Å². The summed E-state index contributed by atoms with van der Waals surface area (Å²) in [6, 6.07) is 19.8. The number of aromatic hydroxyl groups is 1.